The fourth-order valence-corrected chi connectivity index (χ4v) is 3.29. The van der Waals surface area contributed by atoms with Crippen LogP contribution in [-0.2, 0) is 0 Å². The average Bonchev–Trinajstić information content (AvgIpc) is 2.44. The lowest BCUT2D eigenvalue weighted by atomic mass is 9.90. The summed E-state index contributed by atoms with van der Waals surface area (Å²) in [5.41, 5.74) is 1.37. The van der Waals surface area contributed by atoms with Crippen LogP contribution in [0.25, 0.3) is 0 Å². The van der Waals surface area contributed by atoms with Crippen LogP contribution < -0.4 is 5.32 Å². The number of nitrogens with zero attached hydrogens (tertiary/aromatic N) is 1. The molecule has 6 heteroatoms. The topological polar surface area (TPSA) is 15.3 Å². The van der Waals surface area contributed by atoms with E-state index in [2.05, 4.69) is 52.1 Å². The van der Waals surface area contributed by atoms with E-state index in [1.54, 1.807) is 0 Å². The molecule has 1 aliphatic heterocycles. The van der Waals surface area contributed by atoms with E-state index in [0.29, 0.717) is 12.0 Å². The zero-order valence-corrected chi connectivity index (χ0v) is 16.4. The van der Waals surface area contributed by atoms with Gasteiger partial charge >= 0.3 is 0 Å². The van der Waals surface area contributed by atoms with Crippen molar-refractivity contribution in [2.45, 2.75) is 26.3 Å². The molecule has 1 heterocycles. The van der Waals surface area contributed by atoms with Crippen LogP contribution in [0.1, 0.15) is 31.9 Å². The molecular weight excluding hydrogens is 394 g/mol. The molecule has 1 aromatic rings. The van der Waals surface area contributed by atoms with Gasteiger partial charge in [-0.1, -0.05) is 37.9 Å². The van der Waals surface area contributed by atoms with Gasteiger partial charge in [0.15, 0.2) is 0 Å². The van der Waals surface area contributed by atoms with Gasteiger partial charge in [0.25, 0.3) is 0 Å². The highest BCUT2D eigenvalue weighted by molar-refractivity contribution is 9.10. The van der Waals surface area contributed by atoms with Crippen LogP contribution in [0.4, 0.5) is 0 Å². The van der Waals surface area contributed by atoms with Gasteiger partial charge in [-0.3, -0.25) is 4.90 Å². The van der Waals surface area contributed by atoms with E-state index in [9.17, 15) is 0 Å². The molecule has 1 fully saturated rings. The van der Waals surface area contributed by atoms with Crippen LogP contribution in [0.3, 0.4) is 0 Å². The van der Waals surface area contributed by atoms with Gasteiger partial charge in [0.2, 0.25) is 0 Å². The number of benzene rings is 1. The predicted molar refractivity (Wildman–Crippen MR) is 100 cm³/mol. The van der Waals surface area contributed by atoms with Crippen LogP contribution in [0.2, 0.25) is 5.02 Å². The van der Waals surface area contributed by atoms with Crippen LogP contribution in [0, 0.1) is 5.92 Å². The molecule has 0 saturated carbocycles. The Labute approximate surface area is 153 Å². The third-order valence-corrected chi connectivity index (χ3v) is 5.23. The fraction of sp³-hybridized carbons (Fsp3) is 0.600. The Morgan fingerprint density at radius 1 is 1.29 bits per heavy atom. The first-order chi connectivity index (χ1) is 9.13. The van der Waals surface area contributed by atoms with Gasteiger partial charge in [0, 0.05) is 36.7 Å². The summed E-state index contributed by atoms with van der Waals surface area (Å²) in [6, 6.07) is 6.84. The van der Waals surface area contributed by atoms with Crippen LogP contribution >= 0.6 is 52.3 Å². The van der Waals surface area contributed by atoms with Gasteiger partial charge in [-0.25, -0.2) is 0 Å². The zero-order valence-electron chi connectivity index (χ0n) is 12.4. The largest absolute Gasteiger partial charge is 0.314 e. The molecule has 1 aliphatic rings. The maximum atomic E-state index is 6.11. The summed E-state index contributed by atoms with van der Waals surface area (Å²) in [7, 11) is 0. The molecule has 0 aliphatic carbocycles. The standard InChI is InChI=1S/C15H22BrClN2.2ClH/c1-3-11(2)15(19-8-6-18-7-9-19)12-4-5-14(17)13(16)10-12;;/h4-5,10-11,15,18H,3,6-9H2,1-2H3;2*1H/t11?,15-;;/m0../s1. The lowest BCUT2D eigenvalue weighted by Crippen LogP contribution is -2.46. The minimum atomic E-state index is 0. The number of nitrogens with one attached hydrogen (secondary N) is 1. The SMILES string of the molecule is CCC(C)[C@@H](c1ccc(Cl)c(Br)c1)N1CCNCC1.Cl.Cl. The van der Waals surface area contributed by atoms with Gasteiger partial charge in [0.05, 0.1) is 5.02 Å². The minimum Gasteiger partial charge on any atom is -0.314 e. The Morgan fingerprint density at radius 2 is 1.90 bits per heavy atom. The first kappa shape index (κ1) is 21.5. The van der Waals surface area contributed by atoms with Crippen molar-refractivity contribution in [2.24, 2.45) is 5.92 Å². The highest BCUT2D eigenvalue weighted by Gasteiger charge is 2.26. The molecule has 1 N–H and O–H groups in total. The number of hydrogen-bond acceptors (Lipinski definition) is 2. The van der Waals surface area contributed by atoms with Crippen LogP contribution in [0.5, 0.6) is 0 Å². The van der Waals surface area contributed by atoms with Gasteiger partial charge < -0.3 is 5.32 Å². The van der Waals surface area contributed by atoms with Crippen molar-refractivity contribution in [3.63, 3.8) is 0 Å². The minimum absolute atomic E-state index is 0. The highest BCUT2D eigenvalue weighted by atomic mass is 79.9. The van der Waals surface area contributed by atoms with Crippen molar-refractivity contribution in [1.82, 2.24) is 10.2 Å². The van der Waals surface area contributed by atoms with Crippen LogP contribution in [0.15, 0.2) is 22.7 Å². The van der Waals surface area contributed by atoms with Crippen molar-refractivity contribution < 1.29 is 0 Å². The van der Waals surface area contributed by atoms with Crippen molar-refractivity contribution >= 4 is 52.3 Å². The Morgan fingerprint density at radius 3 is 2.43 bits per heavy atom. The number of piperazine rings is 1. The van der Waals surface area contributed by atoms with Crippen molar-refractivity contribution in [2.75, 3.05) is 26.2 Å². The van der Waals surface area contributed by atoms with E-state index in [1.165, 1.54) is 12.0 Å². The molecule has 0 radical (unpaired) electrons. The highest BCUT2D eigenvalue weighted by Crippen LogP contribution is 2.34. The van der Waals surface area contributed by atoms with E-state index >= 15 is 0 Å². The first-order valence-corrected chi connectivity index (χ1v) is 8.20. The Kier molecular flexibility index (Phi) is 10.5. The van der Waals surface area contributed by atoms with E-state index < -0.39 is 0 Å². The van der Waals surface area contributed by atoms with E-state index in [4.69, 9.17) is 11.6 Å². The van der Waals surface area contributed by atoms with E-state index in [1.807, 2.05) is 6.07 Å². The summed E-state index contributed by atoms with van der Waals surface area (Å²) >= 11 is 9.66. The van der Waals surface area contributed by atoms with Gasteiger partial charge in [-0.05, 0) is 39.5 Å². The smallest absolute Gasteiger partial charge is 0.0548 e. The molecule has 2 nitrogen and oxygen atoms in total. The Balaban J connectivity index is 0.00000200. The summed E-state index contributed by atoms with van der Waals surface area (Å²) in [6.07, 6.45) is 1.19. The van der Waals surface area contributed by atoms with E-state index in [-0.39, 0.29) is 24.8 Å². The lowest BCUT2D eigenvalue weighted by molar-refractivity contribution is 0.128. The molecular formula is C15H24BrCl3N2. The predicted octanol–water partition coefficient (Wildman–Crippen LogP) is 4.94. The van der Waals surface area contributed by atoms with Crippen molar-refractivity contribution in [1.29, 1.82) is 0 Å². The third-order valence-electron chi connectivity index (χ3n) is 4.01. The normalized spacial score (nSPS) is 18.3. The first-order valence-electron chi connectivity index (χ1n) is 7.03. The van der Waals surface area contributed by atoms with Gasteiger partial charge in [-0.2, -0.15) is 0 Å². The number of halogens is 4. The lowest BCUT2D eigenvalue weighted by Gasteiger charge is -2.38. The second kappa shape index (κ2) is 10.3. The molecule has 0 amide bonds. The summed E-state index contributed by atoms with van der Waals surface area (Å²) in [4.78, 5) is 2.60. The number of hydrogen-bond donors (Lipinski definition) is 1. The Hall–Kier alpha value is 0.490. The quantitative estimate of drug-likeness (QED) is 0.745. The fourth-order valence-electron chi connectivity index (χ4n) is 2.78. The second-order valence-corrected chi connectivity index (χ2v) is 6.55. The maximum absolute atomic E-state index is 6.11. The molecule has 0 spiro atoms. The molecule has 2 atom stereocenters. The second-order valence-electron chi connectivity index (χ2n) is 5.29. The van der Waals surface area contributed by atoms with Gasteiger partial charge in [0.1, 0.15) is 0 Å². The molecule has 122 valence electrons. The summed E-state index contributed by atoms with van der Waals surface area (Å²) in [5, 5.41) is 4.21. The molecule has 0 bridgehead atoms. The summed E-state index contributed by atoms with van der Waals surface area (Å²) in [6.45, 7) is 9.02. The number of rotatable bonds is 4. The summed E-state index contributed by atoms with van der Waals surface area (Å²) in [5.74, 6) is 0.645. The van der Waals surface area contributed by atoms with E-state index in [0.717, 1.165) is 35.7 Å². The van der Waals surface area contributed by atoms with Crippen LogP contribution in [-0.4, -0.2) is 31.1 Å². The zero-order chi connectivity index (χ0) is 13.8. The molecule has 1 aromatic carbocycles. The molecule has 1 unspecified atom stereocenters. The average molecular weight is 419 g/mol. The molecule has 21 heavy (non-hydrogen) atoms. The third kappa shape index (κ3) is 5.56. The summed E-state index contributed by atoms with van der Waals surface area (Å²) < 4.78 is 0.995. The molecule has 0 aromatic heterocycles. The maximum Gasteiger partial charge on any atom is 0.0548 e. The van der Waals surface area contributed by atoms with Gasteiger partial charge in [-0.15, -0.1) is 24.8 Å². The monoisotopic (exact) mass is 416 g/mol. The van der Waals surface area contributed by atoms with Crippen molar-refractivity contribution in [3.8, 4) is 0 Å². The molecule has 1 saturated heterocycles. The molecule has 2 rings (SSSR count). The Bertz CT molecular complexity index is 425. The van der Waals surface area contributed by atoms with Crippen molar-refractivity contribution in [3.05, 3.63) is 33.3 Å².